The number of aromatic nitrogens is 2. The molecule has 2 aromatic heterocycles. The van der Waals surface area contributed by atoms with Crippen LogP contribution in [0.15, 0.2) is 30.5 Å². The first-order valence-corrected chi connectivity index (χ1v) is 12.8. The number of carbonyl (C=O) groups is 1. The summed E-state index contributed by atoms with van der Waals surface area (Å²) in [5.74, 6) is -0.464. The van der Waals surface area contributed by atoms with E-state index in [0.717, 1.165) is 0 Å². The number of likely N-dealkylation sites (tertiary alicyclic amines) is 1. The van der Waals surface area contributed by atoms with E-state index < -0.39 is 24.7 Å². The van der Waals surface area contributed by atoms with Crippen molar-refractivity contribution in [3.63, 3.8) is 0 Å². The molecule has 0 spiro atoms. The van der Waals surface area contributed by atoms with Gasteiger partial charge in [0.15, 0.2) is 0 Å². The van der Waals surface area contributed by atoms with Gasteiger partial charge >= 0.3 is 6.18 Å². The molecule has 4 rings (SSSR count). The minimum absolute atomic E-state index is 0.0488. The van der Waals surface area contributed by atoms with Gasteiger partial charge in [0.2, 0.25) is 5.91 Å². The van der Waals surface area contributed by atoms with Crippen LogP contribution in [0.5, 0.6) is 0 Å². The van der Waals surface area contributed by atoms with E-state index in [0.29, 0.717) is 33.9 Å². The molecule has 1 aliphatic rings. The Morgan fingerprint density at radius 3 is 2.39 bits per heavy atom. The summed E-state index contributed by atoms with van der Waals surface area (Å²) in [5, 5.41) is 6.21. The number of fused-ring (bicyclic) bond motifs is 1. The maximum absolute atomic E-state index is 14.1. The van der Waals surface area contributed by atoms with Gasteiger partial charge in [0, 0.05) is 31.3 Å². The highest BCUT2D eigenvalue weighted by molar-refractivity contribution is 7.18. The first-order chi connectivity index (χ1) is 18.0. The van der Waals surface area contributed by atoms with Gasteiger partial charge in [-0.25, -0.2) is 18.7 Å². The summed E-state index contributed by atoms with van der Waals surface area (Å²) in [6, 6.07) is 3.84. The molecule has 3 heterocycles. The number of nitrogens with one attached hydrogen (secondary N) is 2. The topological polar surface area (TPSA) is 79.4 Å². The number of ether oxygens (including phenoxy) is 1. The largest absolute Gasteiger partial charge is 0.408 e. The smallest absolute Gasteiger partial charge is 0.371 e. The second-order valence-electron chi connectivity index (χ2n) is 9.08. The lowest BCUT2D eigenvalue weighted by molar-refractivity contribution is -0.190. The van der Waals surface area contributed by atoms with Crippen molar-refractivity contribution in [3.05, 3.63) is 46.6 Å². The van der Waals surface area contributed by atoms with Gasteiger partial charge in [-0.15, -0.1) is 0 Å². The molecule has 0 saturated carbocycles. The van der Waals surface area contributed by atoms with E-state index in [1.165, 1.54) is 60.9 Å². The number of carbonyl (C=O) groups excluding carboxylic acids is 1. The van der Waals surface area contributed by atoms with Crippen molar-refractivity contribution in [2.75, 3.05) is 32.6 Å². The predicted octanol–water partition coefficient (Wildman–Crippen LogP) is 5.76. The molecule has 1 saturated heterocycles. The van der Waals surface area contributed by atoms with Crippen molar-refractivity contribution in [2.45, 2.75) is 44.5 Å². The average molecular weight is 558 g/mol. The minimum Gasteiger partial charge on any atom is -0.371 e. The van der Waals surface area contributed by atoms with E-state index in [2.05, 4.69) is 20.6 Å². The molecule has 2 atom stereocenters. The average Bonchev–Trinajstić information content (AvgIpc) is 3.26. The van der Waals surface area contributed by atoms with Crippen molar-refractivity contribution in [1.29, 1.82) is 0 Å². The molecule has 13 heteroatoms. The zero-order chi connectivity index (χ0) is 27.6. The van der Waals surface area contributed by atoms with Gasteiger partial charge in [-0.3, -0.25) is 9.69 Å². The normalized spacial score (nSPS) is 17.1. The number of methoxy groups -OCH3 is 1. The van der Waals surface area contributed by atoms with E-state index in [4.69, 9.17) is 4.74 Å². The predicted molar refractivity (Wildman–Crippen MR) is 135 cm³/mol. The third-order valence-corrected chi connectivity index (χ3v) is 7.55. The molecule has 0 radical (unpaired) electrons. The van der Waals surface area contributed by atoms with Crippen molar-refractivity contribution >= 4 is 39.0 Å². The zero-order valence-corrected chi connectivity index (χ0v) is 21.8. The summed E-state index contributed by atoms with van der Waals surface area (Å²) in [6.45, 7) is 2.01. The molecular weight excluding hydrogens is 529 g/mol. The number of pyridine rings is 1. The number of rotatable bonds is 8. The molecule has 1 aromatic carbocycles. The molecule has 0 unspecified atom stereocenters. The number of benzene rings is 1. The molecule has 0 bridgehead atoms. The van der Waals surface area contributed by atoms with Crippen molar-refractivity contribution in [2.24, 2.45) is 5.92 Å². The summed E-state index contributed by atoms with van der Waals surface area (Å²) in [5.41, 5.74) is 1.09. The van der Waals surface area contributed by atoms with Crippen molar-refractivity contribution in [1.82, 2.24) is 20.2 Å². The number of piperidine rings is 1. The molecule has 3 aromatic rings. The zero-order valence-electron chi connectivity index (χ0n) is 21.0. The number of nitrogens with zero attached hydrogens (tertiary/aromatic N) is 3. The van der Waals surface area contributed by atoms with Crippen molar-refractivity contribution in [3.8, 4) is 0 Å². The second kappa shape index (κ2) is 11.5. The van der Waals surface area contributed by atoms with Gasteiger partial charge < -0.3 is 15.4 Å². The van der Waals surface area contributed by atoms with Crippen LogP contribution in [0.4, 0.5) is 33.3 Å². The van der Waals surface area contributed by atoms with Crippen molar-refractivity contribution < 1.29 is 31.5 Å². The Labute approximate surface area is 220 Å². The third-order valence-electron chi connectivity index (χ3n) is 6.67. The van der Waals surface area contributed by atoms with Crippen LogP contribution in [-0.2, 0) is 9.53 Å². The third kappa shape index (κ3) is 5.89. The summed E-state index contributed by atoms with van der Waals surface area (Å²) < 4.78 is 75.1. The first-order valence-electron chi connectivity index (χ1n) is 12.0. The summed E-state index contributed by atoms with van der Waals surface area (Å²) >= 11 is 1.26. The molecule has 2 N–H and O–H groups in total. The Morgan fingerprint density at radius 2 is 1.84 bits per heavy atom. The van der Waals surface area contributed by atoms with Gasteiger partial charge in [-0.2, -0.15) is 13.2 Å². The van der Waals surface area contributed by atoms with Crippen LogP contribution >= 0.6 is 11.3 Å². The molecule has 0 aliphatic carbocycles. The van der Waals surface area contributed by atoms with E-state index >= 15 is 0 Å². The number of hydrogen-bond acceptors (Lipinski definition) is 7. The number of aryl methyl sites for hydroxylation is 1. The van der Waals surface area contributed by atoms with Crippen LogP contribution in [0.1, 0.15) is 41.1 Å². The molecule has 38 heavy (non-hydrogen) atoms. The van der Waals surface area contributed by atoms with Crippen LogP contribution in [0, 0.1) is 12.8 Å². The monoisotopic (exact) mass is 557 g/mol. The number of alkyl halides is 5. The second-order valence-corrected chi connectivity index (χ2v) is 10.3. The number of thiazole rings is 1. The highest BCUT2D eigenvalue weighted by atomic mass is 32.1. The molecule has 1 fully saturated rings. The standard InChI is InChI=1S/C25H28F5N5O2S/c1-13-33-19-18(20(37-3)22(26)27)17(12-32-24(19)38-13)34-16-6-4-14(5-7-16)21(25(28,29)30)35-10-8-15(9-11-35)23(36)31-2/h4-7,12,15,20-22,34H,8-11H2,1-3H3,(H,31,36)/t20-,21-/m0/s1. The lowest BCUT2D eigenvalue weighted by atomic mass is 9.93. The number of hydrogen-bond donors (Lipinski definition) is 2. The van der Waals surface area contributed by atoms with Gasteiger partial charge in [0.05, 0.1) is 16.9 Å². The maximum atomic E-state index is 14.1. The van der Waals surface area contributed by atoms with Gasteiger partial charge in [0.1, 0.15) is 22.5 Å². The Kier molecular flexibility index (Phi) is 8.48. The van der Waals surface area contributed by atoms with Crippen LogP contribution in [0.2, 0.25) is 0 Å². The highest BCUT2D eigenvalue weighted by Gasteiger charge is 2.45. The van der Waals surface area contributed by atoms with Gasteiger partial charge in [-0.05, 0) is 50.6 Å². The van der Waals surface area contributed by atoms with E-state index in [1.807, 2.05) is 0 Å². The van der Waals surface area contributed by atoms with E-state index in [9.17, 15) is 26.7 Å². The SMILES string of the molecule is CNC(=O)C1CCN([C@@H](c2ccc(Nc3cnc4sc(C)nc4c3[C@H](OC)C(F)F)cc2)C(F)(F)F)CC1. The molecule has 7 nitrogen and oxygen atoms in total. The quantitative estimate of drug-likeness (QED) is 0.343. The van der Waals surface area contributed by atoms with Crippen LogP contribution < -0.4 is 10.6 Å². The van der Waals surface area contributed by atoms with Crippen LogP contribution in [0.3, 0.4) is 0 Å². The summed E-state index contributed by atoms with van der Waals surface area (Å²) in [6.07, 6.45) is -6.86. The van der Waals surface area contributed by atoms with E-state index in [1.54, 1.807) is 6.92 Å². The Bertz CT molecular complexity index is 1260. The number of anilines is 2. The maximum Gasteiger partial charge on any atom is 0.408 e. The van der Waals surface area contributed by atoms with Gasteiger partial charge in [0.25, 0.3) is 6.43 Å². The summed E-state index contributed by atoms with van der Waals surface area (Å²) in [7, 11) is 2.69. The fraction of sp³-hybridized carbons (Fsp3) is 0.480. The number of amides is 1. The fourth-order valence-corrected chi connectivity index (χ4v) is 5.64. The van der Waals surface area contributed by atoms with Crippen LogP contribution in [0.25, 0.3) is 10.3 Å². The molecule has 1 amide bonds. The van der Waals surface area contributed by atoms with E-state index in [-0.39, 0.29) is 41.7 Å². The van der Waals surface area contributed by atoms with Crippen LogP contribution in [-0.4, -0.2) is 60.6 Å². The highest BCUT2D eigenvalue weighted by Crippen LogP contribution is 2.41. The minimum atomic E-state index is -4.53. The van der Waals surface area contributed by atoms with Gasteiger partial charge in [-0.1, -0.05) is 23.5 Å². The molecule has 206 valence electrons. The summed E-state index contributed by atoms with van der Waals surface area (Å²) in [4.78, 5) is 22.4. The fourth-order valence-electron chi connectivity index (χ4n) is 4.87. The molecule has 1 aliphatic heterocycles. The lowest BCUT2D eigenvalue weighted by Crippen LogP contribution is -2.45. The Balaban J connectivity index is 1.60. The first kappa shape index (κ1) is 28.1. The Hall–Kier alpha value is -2.90. The Morgan fingerprint density at radius 1 is 1.18 bits per heavy atom. The molecular formula is C25H28F5N5O2S. The number of halogens is 5. The lowest BCUT2D eigenvalue weighted by Gasteiger charge is -2.38.